The molecule has 2 rings (SSSR count). The summed E-state index contributed by atoms with van der Waals surface area (Å²) >= 11 is 0. The van der Waals surface area contributed by atoms with Crippen LogP contribution in [0.1, 0.15) is 25.3 Å². The van der Waals surface area contributed by atoms with Crippen molar-refractivity contribution in [2.75, 3.05) is 26.7 Å². The molecule has 0 atom stereocenters. The second-order valence-electron chi connectivity index (χ2n) is 5.72. The average molecular weight is 341 g/mol. The Morgan fingerprint density at radius 3 is 2.35 bits per heavy atom. The molecule has 1 saturated heterocycles. The summed E-state index contributed by atoms with van der Waals surface area (Å²) in [5.41, 5.74) is 1.30. The van der Waals surface area contributed by atoms with Crippen LogP contribution in [-0.2, 0) is 20.9 Å². The zero-order chi connectivity index (χ0) is 15.9. The number of benzene rings is 1. The smallest absolute Gasteiger partial charge is 0.325 e. The molecule has 1 fully saturated rings. The summed E-state index contributed by atoms with van der Waals surface area (Å²) in [5, 5.41) is 0. The van der Waals surface area contributed by atoms with E-state index >= 15 is 0 Å². The highest BCUT2D eigenvalue weighted by Crippen LogP contribution is 2.18. The fourth-order valence-electron chi connectivity index (χ4n) is 2.93. The van der Waals surface area contributed by atoms with Crippen LogP contribution >= 0.6 is 12.4 Å². The minimum atomic E-state index is -0.359. The van der Waals surface area contributed by atoms with Crippen LogP contribution in [0.4, 0.5) is 0 Å². The van der Waals surface area contributed by atoms with Gasteiger partial charge < -0.3 is 9.64 Å². The Morgan fingerprint density at radius 1 is 1.22 bits per heavy atom. The van der Waals surface area contributed by atoms with E-state index in [1.54, 1.807) is 4.90 Å². The number of likely N-dealkylation sites (tertiary alicyclic amines) is 1. The maximum atomic E-state index is 11.8. The Hall–Kier alpha value is -1.59. The van der Waals surface area contributed by atoms with Crippen LogP contribution in [-0.4, -0.2) is 54.5 Å². The Bertz CT molecular complexity index is 502. The molecule has 0 aliphatic carbocycles. The third kappa shape index (κ3) is 5.84. The number of nitrogens with zero attached hydrogens (tertiary/aromatic N) is 2. The Labute approximate surface area is 144 Å². The number of carbonyl (C=O) groups is 2. The van der Waals surface area contributed by atoms with E-state index in [1.165, 1.54) is 19.6 Å². The number of methoxy groups -OCH3 is 1. The monoisotopic (exact) mass is 340 g/mol. The molecule has 1 aromatic carbocycles. The first-order valence-electron chi connectivity index (χ1n) is 7.70. The highest BCUT2D eigenvalue weighted by molar-refractivity contribution is 5.85. The van der Waals surface area contributed by atoms with Crippen molar-refractivity contribution < 1.29 is 14.3 Å². The molecule has 5 nitrogen and oxygen atoms in total. The van der Waals surface area contributed by atoms with Gasteiger partial charge in [-0.3, -0.25) is 14.5 Å². The van der Waals surface area contributed by atoms with Crippen LogP contribution < -0.4 is 0 Å². The summed E-state index contributed by atoms with van der Waals surface area (Å²) < 4.78 is 4.68. The number of piperidine rings is 1. The topological polar surface area (TPSA) is 49.9 Å². The van der Waals surface area contributed by atoms with Crippen molar-refractivity contribution in [3.8, 4) is 0 Å². The molecule has 1 aromatic rings. The number of halogens is 1. The maximum absolute atomic E-state index is 11.8. The molecular formula is C17H25ClN2O3. The number of hydrogen-bond acceptors (Lipinski definition) is 4. The van der Waals surface area contributed by atoms with Gasteiger partial charge in [-0.2, -0.15) is 0 Å². The molecule has 1 aliphatic heterocycles. The van der Waals surface area contributed by atoms with Crippen molar-refractivity contribution in [3.63, 3.8) is 0 Å². The van der Waals surface area contributed by atoms with Gasteiger partial charge >= 0.3 is 5.97 Å². The summed E-state index contributed by atoms with van der Waals surface area (Å²) in [5.74, 6) is -0.422. The van der Waals surface area contributed by atoms with E-state index in [2.05, 4.69) is 33.9 Å². The third-order valence-corrected chi connectivity index (χ3v) is 4.18. The van der Waals surface area contributed by atoms with E-state index in [-0.39, 0.29) is 36.9 Å². The lowest BCUT2D eigenvalue weighted by Gasteiger charge is -2.37. The van der Waals surface area contributed by atoms with Gasteiger partial charge in [0.2, 0.25) is 5.91 Å². The number of rotatable bonds is 5. The zero-order valence-electron chi connectivity index (χ0n) is 13.7. The van der Waals surface area contributed by atoms with Crippen LogP contribution in [0, 0.1) is 0 Å². The van der Waals surface area contributed by atoms with Crippen LogP contribution in [0.15, 0.2) is 30.3 Å². The lowest BCUT2D eigenvalue weighted by atomic mass is 10.0. The van der Waals surface area contributed by atoms with Crippen molar-refractivity contribution in [1.82, 2.24) is 9.80 Å². The van der Waals surface area contributed by atoms with Crippen molar-refractivity contribution in [2.24, 2.45) is 0 Å². The van der Waals surface area contributed by atoms with Gasteiger partial charge in [0, 0.05) is 32.6 Å². The summed E-state index contributed by atoms with van der Waals surface area (Å²) in [6.07, 6.45) is 1.78. The summed E-state index contributed by atoms with van der Waals surface area (Å²) in [6.45, 7) is 4.37. The Kier molecular flexibility index (Phi) is 8.06. The van der Waals surface area contributed by atoms with Crippen LogP contribution in [0.2, 0.25) is 0 Å². The molecule has 0 bridgehead atoms. The average Bonchev–Trinajstić information content (AvgIpc) is 2.54. The zero-order valence-corrected chi connectivity index (χ0v) is 14.6. The highest BCUT2D eigenvalue weighted by Gasteiger charge is 2.27. The van der Waals surface area contributed by atoms with Gasteiger partial charge in [0.25, 0.3) is 0 Å². The van der Waals surface area contributed by atoms with E-state index in [1.807, 2.05) is 6.07 Å². The quantitative estimate of drug-likeness (QED) is 0.770. The number of amides is 1. The summed E-state index contributed by atoms with van der Waals surface area (Å²) in [4.78, 5) is 27.3. The molecule has 1 aliphatic rings. The number of esters is 1. The van der Waals surface area contributed by atoms with E-state index in [0.717, 1.165) is 32.5 Å². The number of carbonyl (C=O) groups excluding carboxylic acids is 2. The molecule has 0 N–H and O–H groups in total. The minimum absolute atomic E-state index is 0. The normalized spacial score (nSPS) is 15.6. The fourth-order valence-corrected chi connectivity index (χ4v) is 2.93. The molecular weight excluding hydrogens is 316 g/mol. The van der Waals surface area contributed by atoms with Crippen molar-refractivity contribution in [2.45, 2.75) is 32.4 Å². The molecule has 128 valence electrons. The SMILES string of the molecule is COC(=O)CN(C(C)=O)C1CCN(Cc2ccccc2)CC1.Cl. The van der Waals surface area contributed by atoms with Crippen LogP contribution in [0.5, 0.6) is 0 Å². The molecule has 6 heteroatoms. The molecule has 1 amide bonds. The van der Waals surface area contributed by atoms with Gasteiger partial charge in [0.1, 0.15) is 6.54 Å². The first kappa shape index (κ1) is 19.5. The van der Waals surface area contributed by atoms with E-state index in [4.69, 9.17) is 0 Å². The molecule has 23 heavy (non-hydrogen) atoms. The first-order valence-corrected chi connectivity index (χ1v) is 7.70. The van der Waals surface area contributed by atoms with Crippen LogP contribution in [0.3, 0.4) is 0 Å². The molecule has 0 spiro atoms. The first-order chi connectivity index (χ1) is 10.6. The minimum Gasteiger partial charge on any atom is -0.468 e. The van der Waals surface area contributed by atoms with E-state index in [0.29, 0.717) is 0 Å². The molecule has 1 heterocycles. The lowest BCUT2D eigenvalue weighted by molar-refractivity contribution is -0.148. The molecule has 0 radical (unpaired) electrons. The summed E-state index contributed by atoms with van der Waals surface area (Å²) in [7, 11) is 1.35. The van der Waals surface area contributed by atoms with Gasteiger partial charge in [0.15, 0.2) is 0 Å². The second-order valence-corrected chi connectivity index (χ2v) is 5.72. The Morgan fingerprint density at radius 2 is 1.83 bits per heavy atom. The van der Waals surface area contributed by atoms with Gasteiger partial charge in [-0.15, -0.1) is 12.4 Å². The van der Waals surface area contributed by atoms with Gasteiger partial charge in [0.05, 0.1) is 7.11 Å². The lowest BCUT2D eigenvalue weighted by Crippen LogP contribution is -2.48. The van der Waals surface area contributed by atoms with Gasteiger partial charge in [-0.05, 0) is 18.4 Å². The molecule has 0 unspecified atom stereocenters. The van der Waals surface area contributed by atoms with Crippen molar-refractivity contribution in [3.05, 3.63) is 35.9 Å². The standard InChI is InChI=1S/C17H24N2O3.ClH/c1-14(20)19(13-17(21)22-2)16-8-10-18(11-9-16)12-15-6-4-3-5-7-15;/h3-7,16H,8-13H2,1-2H3;1H. The predicted octanol–water partition coefficient (Wildman–Crippen LogP) is 2.09. The van der Waals surface area contributed by atoms with Crippen LogP contribution in [0.25, 0.3) is 0 Å². The Balaban J connectivity index is 0.00000264. The van der Waals surface area contributed by atoms with Gasteiger partial charge in [-0.25, -0.2) is 0 Å². The third-order valence-electron chi connectivity index (χ3n) is 4.18. The predicted molar refractivity (Wildman–Crippen MR) is 91.4 cm³/mol. The van der Waals surface area contributed by atoms with Gasteiger partial charge in [-0.1, -0.05) is 30.3 Å². The van der Waals surface area contributed by atoms with E-state index < -0.39 is 0 Å². The second kappa shape index (κ2) is 9.53. The van der Waals surface area contributed by atoms with E-state index in [9.17, 15) is 9.59 Å². The molecule has 0 saturated carbocycles. The fraction of sp³-hybridized carbons (Fsp3) is 0.529. The number of ether oxygens (including phenoxy) is 1. The molecule has 0 aromatic heterocycles. The highest BCUT2D eigenvalue weighted by atomic mass is 35.5. The van der Waals surface area contributed by atoms with Crippen molar-refractivity contribution in [1.29, 1.82) is 0 Å². The number of hydrogen-bond donors (Lipinski definition) is 0. The summed E-state index contributed by atoms with van der Waals surface area (Å²) in [6, 6.07) is 10.5. The maximum Gasteiger partial charge on any atom is 0.325 e. The van der Waals surface area contributed by atoms with Crippen molar-refractivity contribution >= 4 is 24.3 Å². The largest absolute Gasteiger partial charge is 0.468 e.